The minimum Gasteiger partial charge on any atom is -0.360 e. The van der Waals surface area contributed by atoms with E-state index in [0.717, 1.165) is 18.7 Å². The van der Waals surface area contributed by atoms with Crippen molar-refractivity contribution < 1.29 is 0 Å². The third-order valence-corrected chi connectivity index (χ3v) is 5.22. The van der Waals surface area contributed by atoms with Crippen molar-refractivity contribution in [3.63, 3.8) is 0 Å². The highest BCUT2D eigenvalue weighted by Gasteiger charge is 2.46. The van der Waals surface area contributed by atoms with Gasteiger partial charge in [-0.2, -0.15) is 0 Å². The first-order valence-electron chi connectivity index (χ1n) is 6.34. The summed E-state index contributed by atoms with van der Waals surface area (Å²) in [5.41, 5.74) is 0.209. The second-order valence-electron chi connectivity index (χ2n) is 6.63. The van der Waals surface area contributed by atoms with Gasteiger partial charge >= 0.3 is 0 Å². The number of likely N-dealkylation sites (tertiary alicyclic amines) is 1. The highest BCUT2D eigenvalue weighted by molar-refractivity contribution is 6.15. The van der Waals surface area contributed by atoms with E-state index in [1.165, 1.54) is 12.8 Å². The lowest BCUT2D eigenvalue weighted by Gasteiger charge is -2.42. The largest absolute Gasteiger partial charge is 0.360 e. The molecule has 2 aliphatic rings. The molecule has 1 saturated carbocycles. The first-order chi connectivity index (χ1) is 7.24. The monoisotopic (exact) mass is 218 g/mol. The summed E-state index contributed by atoms with van der Waals surface area (Å²) in [6.45, 7) is 6.77. The van der Waals surface area contributed by atoms with Crippen LogP contribution in [0.4, 0.5) is 0 Å². The summed E-state index contributed by atoms with van der Waals surface area (Å²) >= 11 is 0. The predicted molar refractivity (Wildman–Crippen MR) is 69.1 cm³/mol. The van der Waals surface area contributed by atoms with Crippen LogP contribution in [0, 0.1) is 16.7 Å². The Labute approximate surface area is 101 Å². The van der Waals surface area contributed by atoms with Crippen LogP contribution >= 0.6 is 0 Å². The molecule has 0 aromatic rings. The summed E-state index contributed by atoms with van der Waals surface area (Å²) < 4.78 is 0. The van der Waals surface area contributed by atoms with Crippen LogP contribution < -0.4 is 0 Å². The number of hydrogen-bond acceptors (Lipinski definition) is 1. The van der Waals surface area contributed by atoms with E-state index in [0.29, 0.717) is 12.0 Å². The molecule has 0 aromatic heterocycles. The Morgan fingerprint density at radius 3 is 2.62 bits per heavy atom. The van der Waals surface area contributed by atoms with Gasteiger partial charge in [0.2, 0.25) is 0 Å². The molecule has 16 heavy (non-hydrogen) atoms. The Balaban J connectivity index is 2.24. The summed E-state index contributed by atoms with van der Waals surface area (Å²) in [6, 6.07) is 0.553. The van der Waals surface area contributed by atoms with Gasteiger partial charge in [-0.25, -0.2) is 0 Å². The maximum absolute atomic E-state index is 7.93. The molecule has 0 amide bonds. The quantitative estimate of drug-likeness (QED) is 0.622. The van der Waals surface area contributed by atoms with Crippen LogP contribution in [-0.2, 0) is 0 Å². The zero-order valence-corrected chi connectivity index (χ0v) is 11.0. The molecule has 3 atom stereocenters. The molecule has 88 valence electrons. The standard InChI is InChI=1S/C13H23BN2/c1-12(2)6-5-10-9(8-13(12,3)14)7-11(15)16(10)4/h9-10,15H,5-8H2,1-4H3. The van der Waals surface area contributed by atoms with E-state index < -0.39 is 0 Å². The fraction of sp³-hybridized carbons (Fsp3) is 0.923. The Morgan fingerprint density at radius 1 is 1.38 bits per heavy atom. The Morgan fingerprint density at radius 2 is 2.00 bits per heavy atom. The number of nitrogens with zero attached hydrogens (tertiary/aromatic N) is 1. The topological polar surface area (TPSA) is 27.1 Å². The van der Waals surface area contributed by atoms with E-state index in [-0.39, 0.29) is 10.7 Å². The molecule has 0 aromatic carbocycles. The highest BCUT2D eigenvalue weighted by Crippen LogP contribution is 2.55. The van der Waals surface area contributed by atoms with Gasteiger partial charge in [0.1, 0.15) is 0 Å². The summed E-state index contributed by atoms with van der Waals surface area (Å²) in [7, 11) is 8.58. The van der Waals surface area contributed by atoms with Crippen molar-refractivity contribution in [2.75, 3.05) is 7.05 Å². The van der Waals surface area contributed by atoms with Crippen molar-refractivity contribution in [2.24, 2.45) is 11.3 Å². The Hall–Kier alpha value is -0.465. The molecular weight excluding hydrogens is 195 g/mol. The van der Waals surface area contributed by atoms with Crippen molar-refractivity contribution >= 4 is 13.7 Å². The van der Waals surface area contributed by atoms with E-state index >= 15 is 0 Å². The molecule has 1 saturated heterocycles. The van der Waals surface area contributed by atoms with Crippen molar-refractivity contribution in [3.8, 4) is 0 Å². The summed E-state index contributed by atoms with van der Waals surface area (Å²) in [4.78, 5) is 2.17. The lowest BCUT2D eigenvalue weighted by molar-refractivity contribution is 0.223. The van der Waals surface area contributed by atoms with Crippen LogP contribution in [-0.4, -0.2) is 31.7 Å². The molecular formula is C13H23BN2. The van der Waals surface area contributed by atoms with Gasteiger partial charge in [0, 0.05) is 19.5 Å². The molecule has 2 rings (SSSR count). The molecule has 3 unspecified atom stereocenters. The molecule has 1 N–H and O–H groups in total. The highest BCUT2D eigenvalue weighted by atomic mass is 15.2. The molecule has 1 aliphatic heterocycles. The fourth-order valence-corrected chi connectivity index (χ4v) is 3.30. The fourth-order valence-electron chi connectivity index (χ4n) is 3.30. The van der Waals surface area contributed by atoms with Crippen LogP contribution in [0.25, 0.3) is 0 Å². The first-order valence-corrected chi connectivity index (χ1v) is 6.34. The molecule has 1 aliphatic carbocycles. The van der Waals surface area contributed by atoms with Gasteiger partial charge in [-0.05, 0) is 24.2 Å². The molecule has 0 spiro atoms. The molecule has 1 heterocycles. The smallest absolute Gasteiger partial charge is 0.0961 e. The molecule has 2 nitrogen and oxygen atoms in total. The van der Waals surface area contributed by atoms with Crippen LogP contribution in [0.15, 0.2) is 0 Å². The number of fused-ring (bicyclic) bond motifs is 1. The zero-order valence-electron chi connectivity index (χ0n) is 11.0. The summed E-state index contributed by atoms with van der Waals surface area (Å²) in [6.07, 6.45) is 4.32. The normalized spacial score (nSPS) is 43.0. The summed E-state index contributed by atoms with van der Waals surface area (Å²) in [5.74, 6) is 1.39. The predicted octanol–water partition coefficient (Wildman–Crippen LogP) is 2.84. The summed E-state index contributed by atoms with van der Waals surface area (Å²) in [5, 5.41) is 7.84. The second kappa shape index (κ2) is 3.51. The van der Waals surface area contributed by atoms with Gasteiger partial charge in [0.05, 0.1) is 13.7 Å². The molecule has 2 radical (unpaired) electrons. The van der Waals surface area contributed by atoms with Gasteiger partial charge in [0.25, 0.3) is 0 Å². The lowest BCUT2D eigenvalue weighted by atomic mass is 9.52. The van der Waals surface area contributed by atoms with E-state index in [1.54, 1.807) is 0 Å². The van der Waals surface area contributed by atoms with Crippen LogP contribution in [0.5, 0.6) is 0 Å². The van der Waals surface area contributed by atoms with Crippen LogP contribution in [0.3, 0.4) is 0 Å². The third-order valence-electron chi connectivity index (χ3n) is 5.22. The molecule has 2 fully saturated rings. The lowest BCUT2D eigenvalue weighted by Crippen LogP contribution is -2.30. The van der Waals surface area contributed by atoms with Crippen molar-refractivity contribution in [1.29, 1.82) is 5.41 Å². The van der Waals surface area contributed by atoms with Crippen LogP contribution in [0.2, 0.25) is 5.31 Å². The zero-order chi connectivity index (χ0) is 12.1. The van der Waals surface area contributed by atoms with Crippen molar-refractivity contribution in [1.82, 2.24) is 4.90 Å². The number of rotatable bonds is 0. The number of nitrogens with one attached hydrogen (secondary N) is 1. The average molecular weight is 218 g/mol. The van der Waals surface area contributed by atoms with E-state index in [9.17, 15) is 0 Å². The Bertz CT molecular complexity index is 309. The number of hydrogen-bond donors (Lipinski definition) is 1. The van der Waals surface area contributed by atoms with Crippen molar-refractivity contribution in [3.05, 3.63) is 0 Å². The van der Waals surface area contributed by atoms with E-state index in [1.807, 2.05) is 0 Å². The van der Waals surface area contributed by atoms with Gasteiger partial charge in [-0.15, -0.1) is 0 Å². The van der Waals surface area contributed by atoms with Gasteiger partial charge in [-0.1, -0.05) is 32.5 Å². The molecule has 0 bridgehead atoms. The Kier molecular flexibility index (Phi) is 2.63. The second-order valence-corrected chi connectivity index (χ2v) is 6.63. The SMILES string of the molecule is [B]C1(C)CC2CC(=N)N(C)C2CCC1(C)C. The first kappa shape index (κ1) is 12.0. The minimum atomic E-state index is -0.0993. The van der Waals surface area contributed by atoms with Gasteiger partial charge in [0.15, 0.2) is 0 Å². The van der Waals surface area contributed by atoms with E-state index in [2.05, 4.69) is 32.7 Å². The third kappa shape index (κ3) is 1.68. The average Bonchev–Trinajstić information content (AvgIpc) is 2.34. The maximum atomic E-state index is 7.93. The molecule has 3 heteroatoms. The number of amidine groups is 1. The van der Waals surface area contributed by atoms with Crippen LogP contribution in [0.1, 0.15) is 46.5 Å². The minimum absolute atomic E-state index is 0.0993. The van der Waals surface area contributed by atoms with Crippen molar-refractivity contribution in [2.45, 2.75) is 57.8 Å². The van der Waals surface area contributed by atoms with Gasteiger partial charge in [-0.3, -0.25) is 5.41 Å². The van der Waals surface area contributed by atoms with E-state index in [4.69, 9.17) is 13.3 Å². The van der Waals surface area contributed by atoms with Gasteiger partial charge < -0.3 is 4.90 Å². The maximum Gasteiger partial charge on any atom is 0.0961 e.